The minimum atomic E-state index is -0.0351. The maximum absolute atomic E-state index is 12.4. The number of aryl methyl sites for hydroxylation is 1. The van der Waals surface area contributed by atoms with Gasteiger partial charge in [0.1, 0.15) is 6.26 Å². The van der Waals surface area contributed by atoms with Gasteiger partial charge in [-0.1, -0.05) is 48.5 Å². The molecule has 0 aliphatic heterocycles. The van der Waals surface area contributed by atoms with E-state index < -0.39 is 0 Å². The van der Waals surface area contributed by atoms with Crippen LogP contribution in [0, 0.1) is 0 Å². The highest BCUT2D eigenvalue weighted by Gasteiger charge is 2.16. The number of fused-ring (bicyclic) bond motifs is 3. The van der Waals surface area contributed by atoms with Crippen molar-refractivity contribution in [1.29, 1.82) is 0 Å². The Kier molecular flexibility index (Phi) is 2.48. The van der Waals surface area contributed by atoms with Gasteiger partial charge in [-0.3, -0.25) is 9.36 Å². The van der Waals surface area contributed by atoms with Gasteiger partial charge in [0.25, 0.3) is 5.56 Å². The van der Waals surface area contributed by atoms with Crippen LogP contribution in [0.15, 0.2) is 70.1 Å². The molecule has 2 aromatic carbocycles. The fourth-order valence-corrected chi connectivity index (χ4v) is 2.85. The van der Waals surface area contributed by atoms with Gasteiger partial charge < -0.3 is 4.42 Å². The maximum Gasteiger partial charge on any atom is 0.260 e. The average molecular weight is 275 g/mol. The van der Waals surface area contributed by atoms with Crippen molar-refractivity contribution < 1.29 is 4.42 Å². The van der Waals surface area contributed by atoms with Crippen LogP contribution in [0.25, 0.3) is 33.0 Å². The molecule has 3 heteroatoms. The number of pyridine rings is 1. The summed E-state index contributed by atoms with van der Waals surface area (Å²) in [5, 5.41) is 2.63. The molecule has 2 aromatic heterocycles. The molecule has 0 saturated heterocycles. The molecular formula is C18H13NO2. The van der Waals surface area contributed by atoms with Gasteiger partial charge in [-0.15, -0.1) is 0 Å². The fraction of sp³-hybridized carbons (Fsp3) is 0.0556. The van der Waals surface area contributed by atoms with Gasteiger partial charge in [0.05, 0.1) is 5.39 Å². The second-order valence-corrected chi connectivity index (χ2v) is 5.11. The Hall–Kier alpha value is -2.81. The van der Waals surface area contributed by atoms with E-state index in [1.54, 1.807) is 17.9 Å². The molecule has 0 fully saturated rings. The summed E-state index contributed by atoms with van der Waals surface area (Å²) in [5.41, 5.74) is 2.67. The highest BCUT2D eigenvalue weighted by molar-refractivity contribution is 6.11. The first kappa shape index (κ1) is 12.0. The van der Waals surface area contributed by atoms with E-state index in [9.17, 15) is 4.79 Å². The van der Waals surface area contributed by atoms with E-state index >= 15 is 0 Å². The Morgan fingerprint density at radius 1 is 0.905 bits per heavy atom. The predicted molar refractivity (Wildman–Crippen MR) is 84.4 cm³/mol. The number of benzene rings is 2. The third-order valence-electron chi connectivity index (χ3n) is 3.89. The first-order valence-corrected chi connectivity index (χ1v) is 6.82. The molecule has 4 rings (SSSR count). The van der Waals surface area contributed by atoms with Crippen molar-refractivity contribution in [2.24, 2.45) is 7.05 Å². The zero-order valence-corrected chi connectivity index (χ0v) is 11.5. The van der Waals surface area contributed by atoms with E-state index in [-0.39, 0.29) is 5.56 Å². The van der Waals surface area contributed by atoms with E-state index in [1.807, 2.05) is 54.6 Å². The summed E-state index contributed by atoms with van der Waals surface area (Å²) < 4.78 is 7.26. The Labute approximate surface area is 121 Å². The van der Waals surface area contributed by atoms with Crippen molar-refractivity contribution in [3.63, 3.8) is 0 Å². The number of furan rings is 1. The zero-order valence-electron chi connectivity index (χ0n) is 11.5. The zero-order chi connectivity index (χ0) is 14.4. The summed E-state index contributed by atoms with van der Waals surface area (Å²) in [6.45, 7) is 0. The lowest BCUT2D eigenvalue weighted by Crippen LogP contribution is -2.16. The van der Waals surface area contributed by atoms with Crippen LogP contribution >= 0.6 is 0 Å². The third kappa shape index (κ3) is 1.64. The monoisotopic (exact) mass is 275 g/mol. The topological polar surface area (TPSA) is 35.1 Å². The van der Waals surface area contributed by atoms with Gasteiger partial charge in [-0.25, -0.2) is 0 Å². The van der Waals surface area contributed by atoms with E-state index in [4.69, 9.17) is 4.42 Å². The smallest absolute Gasteiger partial charge is 0.260 e. The molecule has 0 aliphatic rings. The lowest BCUT2D eigenvalue weighted by atomic mass is 10.0. The van der Waals surface area contributed by atoms with Crippen molar-refractivity contribution in [2.45, 2.75) is 0 Å². The first-order chi connectivity index (χ1) is 10.3. The van der Waals surface area contributed by atoms with Crippen LogP contribution in [0.3, 0.4) is 0 Å². The number of hydrogen-bond acceptors (Lipinski definition) is 2. The number of hydrogen-bond donors (Lipinski definition) is 0. The normalized spacial score (nSPS) is 11.3. The van der Waals surface area contributed by atoms with Gasteiger partial charge in [-0.05, 0) is 11.6 Å². The molecule has 21 heavy (non-hydrogen) atoms. The molecule has 0 N–H and O–H groups in total. The van der Waals surface area contributed by atoms with Gasteiger partial charge in [0.15, 0.2) is 0 Å². The summed E-state index contributed by atoms with van der Waals surface area (Å²) >= 11 is 0. The van der Waals surface area contributed by atoms with Crippen LogP contribution in [0.2, 0.25) is 0 Å². The summed E-state index contributed by atoms with van der Waals surface area (Å²) in [4.78, 5) is 12.4. The summed E-state index contributed by atoms with van der Waals surface area (Å²) in [5.74, 6) is 0. The molecule has 0 unspecified atom stereocenters. The van der Waals surface area contributed by atoms with Crippen molar-refractivity contribution >= 4 is 21.9 Å². The van der Waals surface area contributed by atoms with Gasteiger partial charge in [0.2, 0.25) is 5.71 Å². The fourth-order valence-electron chi connectivity index (χ4n) is 2.85. The summed E-state index contributed by atoms with van der Waals surface area (Å²) in [6, 6.07) is 17.7. The molecule has 0 aliphatic carbocycles. The van der Waals surface area contributed by atoms with Crippen LogP contribution in [0.5, 0.6) is 0 Å². The largest absolute Gasteiger partial charge is 0.447 e. The van der Waals surface area contributed by atoms with Crippen molar-refractivity contribution in [3.05, 3.63) is 71.2 Å². The number of nitrogens with zero attached hydrogens (tertiary/aromatic N) is 1. The molecule has 2 heterocycles. The van der Waals surface area contributed by atoms with E-state index in [1.165, 1.54) is 0 Å². The molecule has 0 spiro atoms. The summed E-state index contributed by atoms with van der Waals surface area (Å²) in [6.07, 6.45) is 1.73. The average Bonchev–Trinajstić information content (AvgIpc) is 2.99. The minimum Gasteiger partial charge on any atom is -0.447 e. The highest BCUT2D eigenvalue weighted by Crippen LogP contribution is 2.34. The molecule has 4 aromatic rings. The quantitative estimate of drug-likeness (QED) is 0.527. The molecule has 0 radical (unpaired) electrons. The lowest BCUT2D eigenvalue weighted by Gasteiger charge is -2.05. The summed E-state index contributed by atoms with van der Waals surface area (Å²) in [7, 11) is 1.75. The Morgan fingerprint density at radius 2 is 1.57 bits per heavy atom. The molecule has 0 saturated carbocycles. The predicted octanol–water partition coefficient (Wildman–Crippen LogP) is 3.95. The second kappa shape index (κ2) is 4.35. The molecule has 0 amide bonds. The Morgan fingerprint density at radius 3 is 2.33 bits per heavy atom. The second-order valence-electron chi connectivity index (χ2n) is 5.11. The van der Waals surface area contributed by atoms with E-state index in [0.29, 0.717) is 11.1 Å². The van der Waals surface area contributed by atoms with Gasteiger partial charge in [-0.2, -0.15) is 0 Å². The van der Waals surface area contributed by atoms with Crippen molar-refractivity contribution in [3.8, 4) is 11.1 Å². The Balaban J connectivity index is 2.24. The minimum absolute atomic E-state index is 0.0351. The van der Waals surface area contributed by atoms with Crippen LogP contribution in [-0.4, -0.2) is 4.57 Å². The number of aromatic nitrogens is 1. The maximum atomic E-state index is 12.4. The van der Waals surface area contributed by atoms with Crippen LogP contribution < -0.4 is 5.56 Å². The molecule has 0 atom stereocenters. The lowest BCUT2D eigenvalue weighted by molar-refractivity contribution is 0.580. The molecular weight excluding hydrogens is 262 g/mol. The molecule has 3 nitrogen and oxygen atoms in total. The SMILES string of the molecule is Cn1c(=O)c2ccccc2c2c(-c3ccccc3)coc21. The van der Waals surface area contributed by atoms with E-state index in [2.05, 4.69) is 0 Å². The van der Waals surface area contributed by atoms with Crippen LogP contribution in [0.4, 0.5) is 0 Å². The van der Waals surface area contributed by atoms with Crippen LogP contribution in [0.1, 0.15) is 0 Å². The van der Waals surface area contributed by atoms with Gasteiger partial charge >= 0.3 is 0 Å². The highest BCUT2D eigenvalue weighted by atomic mass is 16.3. The van der Waals surface area contributed by atoms with E-state index in [0.717, 1.165) is 21.9 Å². The standard InChI is InChI=1S/C18H13NO2/c1-19-17(20)14-10-6-5-9-13(14)16-15(11-21-18(16)19)12-7-3-2-4-8-12/h2-11H,1H3. The first-order valence-electron chi connectivity index (χ1n) is 6.82. The molecule has 102 valence electrons. The van der Waals surface area contributed by atoms with Crippen molar-refractivity contribution in [2.75, 3.05) is 0 Å². The molecule has 0 bridgehead atoms. The van der Waals surface area contributed by atoms with Crippen LogP contribution in [-0.2, 0) is 7.05 Å². The van der Waals surface area contributed by atoms with Gasteiger partial charge in [0, 0.05) is 23.4 Å². The number of rotatable bonds is 1. The van der Waals surface area contributed by atoms with Crippen molar-refractivity contribution in [1.82, 2.24) is 4.57 Å². The Bertz CT molecular complexity index is 1010. The third-order valence-corrected chi connectivity index (χ3v) is 3.89.